The van der Waals surface area contributed by atoms with E-state index in [4.69, 9.17) is 5.73 Å². The fourth-order valence-corrected chi connectivity index (χ4v) is 1.27. The first-order chi connectivity index (χ1) is 5.11. The molecule has 0 aromatic heterocycles. The first-order valence-corrected chi connectivity index (χ1v) is 4.14. The van der Waals surface area contributed by atoms with Gasteiger partial charge in [0.25, 0.3) is 0 Å². The van der Waals surface area contributed by atoms with Gasteiger partial charge in [-0.15, -0.1) is 12.4 Å². The summed E-state index contributed by atoms with van der Waals surface area (Å²) in [7, 11) is 0. The average Bonchev–Trinajstić information content (AvgIpc) is 1.94. The normalized spacial score (nSPS) is 11.9. The lowest BCUT2D eigenvalue weighted by molar-refractivity contribution is 0.463. The Balaban J connectivity index is 0.00000121. The van der Waals surface area contributed by atoms with E-state index in [-0.39, 0.29) is 24.2 Å². The van der Waals surface area contributed by atoms with Crippen LogP contribution in [-0.4, -0.2) is 5.11 Å². The van der Waals surface area contributed by atoms with Crippen LogP contribution in [0.5, 0.6) is 5.75 Å². The Hall–Kier alpha value is -0.250. The molecular formula is C8H11BrClNO. The number of hydrogen-bond acceptors (Lipinski definition) is 2. The molecule has 0 heterocycles. The third kappa shape index (κ3) is 2.66. The molecular weight excluding hydrogens is 241 g/mol. The highest BCUT2D eigenvalue weighted by Gasteiger charge is 2.05. The maximum atomic E-state index is 9.30. The molecule has 12 heavy (non-hydrogen) atoms. The van der Waals surface area contributed by atoms with Gasteiger partial charge in [-0.05, 0) is 25.1 Å². The van der Waals surface area contributed by atoms with Gasteiger partial charge < -0.3 is 10.8 Å². The van der Waals surface area contributed by atoms with Gasteiger partial charge >= 0.3 is 0 Å². The van der Waals surface area contributed by atoms with Gasteiger partial charge in [0.05, 0.1) is 0 Å². The summed E-state index contributed by atoms with van der Waals surface area (Å²) < 4.78 is 0.933. The monoisotopic (exact) mass is 251 g/mol. The highest BCUT2D eigenvalue weighted by Crippen LogP contribution is 2.25. The number of benzene rings is 1. The maximum Gasteiger partial charge on any atom is 0.120 e. The minimum atomic E-state index is -0.132. The van der Waals surface area contributed by atoms with Gasteiger partial charge in [-0.2, -0.15) is 0 Å². The van der Waals surface area contributed by atoms with Crippen LogP contribution in [0.25, 0.3) is 0 Å². The van der Waals surface area contributed by atoms with Crippen LogP contribution in [-0.2, 0) is 0 Å². The summed E-state index contributed by atoms with van der Waals surface area (Å²) in [5.74, 6) is 0.253. The Labute approximate surface area is 86.3 Å². The zero-order valence-electron chi connectivity index (χ0n) is 6.62. The summed E-state index contributed by atoms with van der Waals surface area (Å²) in [6, 6.07) is 5.09. The zero-order chi connectivity index (χ0) is 8.43. The Morgan fingerprint density at radius 2 is 2.08 bits per heavy atom. The van der Waals surface area contributed by atoms with E-state index in [2.05, 4.69) is 15.9 Å². The molecule has 3 N–H and O–H groups in total. The molecule has 0 aliphatic carbocycles. The Bertz CT molecular complexity index is 265. The summed E-state index contributed by atoms with van der Waals surface area (Å²) in [5, 5.41) is 9.30. The van der Waals surface area contributed by atoms with Crippen LogP contribution >= 0.6 is 28.3 Å². The molecule has 1 aromatic carbocycles. The van der Waals surface area contributed by atoms with Crippen molar-refractivity contribution >= 4 is 28.3 Å². The second-order valence-electron chi connectivity index (χ2n) is 2.49. The number of nitrogens with two attached hydrogens (primary N) is 1. The van der Waals surface area contributed by atoms with Gasteiger partial charge in [-0.1, -0.05) is 15.9 Å². The fourth-order valence-electron chi connectivity index (χ4n) is 0.890. The van der Waals surface area contributed by atoms with Gasteiger partial charge in [0.1, 0.15) is 5.75 Å². The standard InChI is InChI=1S/C8H10BrNO.ClH/c1-5(10)7-4-6(9)2-3-8(7)11;/h2-5,11H,10H2,1H3;1H. The van der Waals surface area contributed by atoms with Crippen LogP contribution in [0, 0.1) is 0 Å². The Morgan fingerprint density at radius 1 is 1.50 bits per heavy atom. The van der Waals surface area contributed by atoms with Crippen molar-refractivity contribution < 1.29 is 5.11 Å². The van der Waals surface area contributed by atoms with Crippen molar-refractivity contribution in [3.63, 3.8) is 0 Å². The van der Waals surface area contributed by atoms with Crippen molar-refractivity contribution in [3.05, 3.63) is 28.2 Å². The van der Waals surface area contributed by atoms with E-state index in [1.807, 2.05) is 13.0 Å². The third-order valence-corrected chi connectivity index (χ3v) is 1.97. The molecule has 1 rings (SSSR count). The van der Waals surface area contributed by atoms with E-state index >= 15 is 0 Å². The molecule has 0 fully saturated rings. The van der Waals surface area contributed by atoms with Crippen LogP contribution in [0.3, 0.4) is 0 Å². The van der Waals surface area contributed by atoms with Crippen LogP contribution in [0.15, 0.2) is 22.7 Å². The smallest absolute Gasteiger partial charge is 0.120 e. The number of halogens is 2. The number of hydrogen-bond donors (Lipinski definition) is 2. The van der Waals surface area contributed by atoms with E-state index in [0.29, 0.717) is 0 Å². The molecule has 0 saturated heterocycles. The summed E-state index contributed by atoms with van der Waals surface area (Å²) in [4.78, 5) is 0. The van der Waals surface area contributed by atoms with Crippen molar-refractivity contribution in [1.82, 2.24) is 0 Å². The minimum Gasteiger partial charge on any atom is -0.508 e. The molecule has 4 heteroatoms. The molecule has 0 bridgehead atoms. The van der Waals surface area contributed by atoms with Gasteiger partial charge in [0.2, 0.25) is 0 Å². The summed E-state index contributed by atoms with van der Waals surface area (Å²) in [6.45, 7) is 1.83. The predicted octanol–water partition coefficient (Wildman–Crippen LogP) is 2.60. The van der Waals surface area contributed by atoms with E-state index in [1.165, 1.54) is 0 Å². The van der Waals surface area contributed by atoms with Crippen molar-refractivity contribution in [1.29, 1.82) is 0 Å². The quantitative estimate of drug-likeness (QED) is 0.807. The van der Waals surface area contributed by atoms with Crippen molar-refractivity contribution in [2.24, 2.45) is 5.73 Å². The van der Waals surface area contributed by atoms with Crippen molar-refractivity contribution in [2.45, 2.75) is 13.0 Å². The van der Waals surface area contributed by atoms with Crippen LogP contribution in [0.4, 0.5) is 0 Å². The lowest BCUT2D eigenvalue weighted by atomic mass is 10.1. The number of aromatic hydroxyl groups is 1. The number of rotatable bonds is 1. The summed E-state index contributed by atoms with van der Waals surface area (Å²) >= 11 is 3.30. The first kappa shape index (κ1) is 11.8. The summed E-state index contributed by atoms with van der Waals surface area (Å²) in [5.41, 5.74) is 6.37. The molecule has 0 aliphatic rings. The van der Waals surface area contributed by atoms with Crippen LogP contribution < -0.4 is 5.73 Å². The maximum absolute atomic E-state index is 9.30. The van der Waals surface area contributed by atoms with E-state index in [9.17, 15) is 5.11 Å². The first-order valence-electron chi connectivity index (χ1n) is 3.35. The molecule has 0 amide bonds. The third-order valence-electron chi connectivity index (χ3n) is 1.48. The average molecular weight is 253 g/mol. The molecule has 0 saturated carbocycles. The molecule has 1 atom stereocenters. The molecule has 1 unspecified atom stereocenters. The van der Waals surface area contributed by atoms with E-state index in [0.717, 1.165) is 10.0 Å². The molecule has 1 aromatic rings. The number of phenols is 1. The molecule has 68 valence electrons. The van der Waals surface area contributed by atoms with Gasteiger partial charge in [-0.3, -0.25) is 0 Å². The Morgan fingerprint density at radius 3 is 2.50 bits per heavy atom. The SMILES string of the molecule is CC(N)c1cc(Br)ccc1O.Cl. The second-order valence-corrected chi connectivity index (χ2v) is 3.41. The minimum absolute atomic E-state index is 0. The van der Waals surface area contributed by atoms with E-state index < -0.39 is 0 Å². The highest BCUT2D eigenvalue weighted by molar-refractivity contribution is 9.10. The lowest BCUT2D eigenvalue weighted by Gasteiger charge is -2.07. The highest BCUT2D eigenvalue weighted by atomic mass is 79.9. The number of phenolic OH excluding ortho intramolecular Hbond substituents is 1. The molecule has 0 radical (unpaired) electrons. The van der Waals surface area contributed by atoms with Crippen molar-refractivity contribution in [3.8, 4) is 5.75 Å². The Kier molecular flexibility index (Phi) is 4.60. The lowest BCUT2D eigenvalue weighted by Crippen LogP contribution is -2.04. The molecule has 2 nitrogen and oxygen atoms in total. The topological polar surface area (TPSA) is 46.2 Å². The van der Waals surface area contributed by atoms with Crippen LogP contribution in [0.1, 0.15) is 18.5 Å². The second kappa shape index (κ2) is 4.70. The van der Waals surface area contributed by atoms with Gasteiger partial charge in [0, 0.05) is 16.1 Å². The molecule has 0 spiro atoms. The fraction of sp³-hybridized carbons (Fsp3) is 0.250. The van der Waals surface area contributed by atoms with Gasteiger partial charge in [0.15, 0.2) is 0 Å². The van der Waals surface area contributed by atoms with E-state index in [1.54, 1.807) is 12.1 Å². The predicted molar refractivity (Wildman–Crippen MR) is 55.7 cm³/mol. The summed E-state index contributed by atoms with van der Waals surface area (Å²) in [6.07, 6.45) is 0. The van der Waals surface area contributed by atoms with Crippen LogP contribution in [0.2, 0.25) is 0 Å². The molecule has 0 aliphatic heterocycles. The largest absolute Gasteiger partial charge is 0.508 e. The van der Waals surface area contributed by atoms with Crippen molar-refractivity contribution in [2.75, 3.05) is 0 Å². The van der Waals surface area contributed by atoms with Gasteiger partial charge in [-0.25, -0.2) is 0 Å². The zero-order valence-corrected chi connectivity index (χ0v) is 9.02.